The lowest BCUT2D eigenvalue weighted by molar-refractivity contribution is -0.227. The quantitative estimate of drug-likeness (QED) is 0.373. The Hall–Kier alpha value is -1.22. The van der Waals surface area contributed by atoms with Gasteiger partial charge in [-0.3, -0.25) is 20.0 Å². The van der Waals surface area contributed by atoms with Crippen molar-refractivity contribution in [3.05, 3.63) is 0 Å². The number of nitrogens with zero attached hydrogens (tertiary/aromatic N) is 2. The second-order valence-electron chi connectivity index (χ2n) is 3.81. The number of carbonyl (C=O) groups is 2. The number of rotatable bonds is 6. The zero-order chi connectivity index (χ0) is 13.6. The van der Waals surface area contributed by atoms with E-state index in [0.29, 0.717) is 10.1 Å². The average Bonchev–Trinajstić information content (AvgIpc) is 2.22. The molecule has 0 saturated carbocycles. The number of likely N-dealkylation sites (N-methyl/N-ethyl adjacent to an activating group) is 2. The predicted molar refractivity (Wildman–Crippen MR) is 55.1 cm³/mol. The van der Waals surface area contributed by atoms with Crippen molar-refractivity contribution in [2.45, 2.75) is 19.6 Å². The average molecular weight is 250 g/mol. The van der Waals surface area contributed by atoms with Crippen LogP contribution in [0.25, 0.3) is 0 Å². The third kappa shape index (κ3) is 6.84. The molecule has 0 aliphatic carbocycles. The summed E-state index contributed by atoms with van der Waals surface area (Å²) in [5.74, 6) is -2.48. The minimum absolute atomic E-state index is 0.386. The molecule has 2 N–H and O–H groups in total. The van der Waals surface area contributed by atoms with E-state index in [1.54, 1.807) is 0 Å². The van der Waals surface area contributed by atoms with Crippen LogP contribution in [-0.2, 0) is 19.1 Å². The number of amides is 2. The van der Waals surface area contributed by atoms with Gasteiger partial charge in [-0.1, -0.05) is 0 Å². The molecule has 8 heteroatoms. The number of carbonyl (C=O) groups excluding carboxylic acids is 2. The van der Waals surface area contributed by atoms with Gasteiger partial charge in [-0.2, -0.15) is 0 Å². The number of hydroxylamine groups is 4. The van der Waals surface area contributed by atoms with E-state index in [1.165, 1.54) is 27.9 Å². The fourth-order valence-electron chi connectivity index (χ4n) is 0.700. The summed E-state index contributed by atoms with van der Waals surface area (Å²) in [4.78, 5) is 22.0. The highest BCUT2D eigenvalue weighted by molar-refractivity contribution is 5.76. The molecule has 0 aromatic rings. The van der Waals surface area contributed by atoms with Crippen molar-refractivity contribution in [3.63, 3.8) is 0 Å². The lowest BCUT2D eigenvalue weighted by atomic mass is 10.4. The van der Waals surface area contributed by atoms with E-state index in [1.807, 2.05) is 0 Å². The first-order valence-corrected chi connectivity index (χ1v) is 4.84. The largest absolute Gasteiger partial charge is 0.341 e. The highest BCUT2D eigenvalue weighted by atomic mass is 16.7. The van der Waals surface area contributed by atoms with E-state index in [2.05, 4.69) is 0 Å². The molecule has 0 aromatic carbocycles. The summed E-state index contributed by atoms with van der Waals surface area (Å²) in [6.07, 6.45) is 0. The number of hydrogen-bond donors (Lipinski definition) is 2. The predicted octanol–water partition coefficient (Wildman–Crippen LogP) is -0.549. The molecule has 0 atom stereocenters. The summed E-state index contributed by atoms with van der Waals surface area (Å²) < 4.78 is 10.1. The van der Waals surface area contributed by atoms with Crippen LogP contribution in [0.15, 0.2) is 0 Å². The maximum atomic E-state index is 11.0. The van der Waals surface area contributed by atoms with Crippen LogP contribution < -0.4 is 0 Å². The van der Waals surface area contributed by atoms with Gasteiger partial charge < -0.3 is 9.47 Å². The summed E-state index contributed by atoms with van der Waals surface area (Å²) in [5.41, 5.74) is 0. The molecule has 8 nitrogen and oxygen atoms in total. The van der Waals surface area contributed by atoms with E-state index in [0.717, 1.165) is 0 Å². The van der Waals surface area contributed by atoms with Crippen molar-refractivity contribution in [2.75, 3.05) is 27.3 Å². The lowest BCUT2D eigenvalue weighted by Crippen LogP contribution is -2.38. The third-order valence-corrected chi connectivity index (χ3v) is 1.81. The molecule has 100 valence electrons. The monoisotopic (exact) mass is 250 g/mol. The first-order valence-electron chi connectivity index (χ1n) is 4.84. The highest BCUT2D eigenvalue weighted by Crippen LogP contribution is 2.11. The summed E-state index contributed by atoms with van der Waals surface area (Å²) in [6.45, 7) is 2.23. The molecule has 0 heterocycles. The summed E-state index contributed by atoms with van der Waals surface area (Å²) in [5, 5.41) is 18.3. The Bertz CT molecular complexity index is 251. The minimum Gasteiger partial charge on any atom is -0.341 e. The van der Waals surface area contributed by atoms with Crippen LogP contribution in [0.1, 0.15) is 13.8 Å². The highest BCUT2D eigenvalue weighted by Gasteiger charge is 2.23. The van der Waals surface area contributed by atoms with Gasteiger partial charge in [0.15, 0.2) is 5.79 Å². The molecule has 0 aliphatic rings. The van der Waals surface area contributed by atoms with Crippen molar-refractivity contribution in [3.8, 4) is 0 Å². The van der Waals surface area contributed by atoms with E-state index < -0.39 is 17.6 Å². The Morgan fingerprint density at radius 2 is 1.29 bits per heavy atom. The number of hydrogen-bond acceptors (Lipinski definition) is 6. The van der Waals surface area contributed by atoms with Crippen LogP contribution in [0, 0.1) is 0 Å². The number of ether oxygens (including phenoxy) is 2. The van der Waals surface area contributed by atoms with Crippen LogP contribution in [0.5, 0.6) is 0 Å². The van der Waals surface area contributed by atoms with E-state index in [9.17, 15) is 9.59 Å². The lowest BCUT2D eigenvalue weighted by Gasteiger charge is -2.25. The van der Waals surface area contributed by atoms with Gasteiger partial charge in [0.1, 0.15) is 13.2 Å². The minimum atomic E-state index is -1.18. The van der Waals surface area contributed by atoms with Gasteiger partial charge in [-0.25, -0.2) is 10.1 Å². The molecule has 0 radical (unpaired) electrons. The van der Waals surface area contributed by atoms with Gasteiger partial charge in [0, 0.05) is 14.1 Å². The Kier molecular flexibility index (Phi) is 6.03. The molecule has 0 unspecified atom stereocenters. The summed E-state index contributed by atoms with van der Waals surface area (Å²) >= 11 is 0. The first-order chi connectivity index (χ1) is 7.65. The van der Waals surface area contributed by atoms with Crippen molar-refractivity contribution < 1.29 is 29.5 Å². The zero-order valence-corrected chi connectivity index (χ0v) is 10.3. The molecule has 0 saturated heterocycles. The summed E-state index contributed by atoms with van der Waals surface area (Å²) in [7, 11) is 2.34. The SMILES string of the molecule is CN(O)C(=O)COC(C)(C)OCC(=O)N(C)O. The standard InChI is InChI=1S/C9H18N2O6/c1-9(2,16-5-7(12)10(3)14)17-6-8(13)11(4)15/h14-15H,5-6H2,1-4H3. The molecule has 0 spiro atoms. The maximum Gasteiger partial charge on any atom is 0.271 e. The van der Waals surface area contributed by atoms with Crippen molar-refractivity contribution in [1.29, 1.82) is 0 Å². The fourth-order valence-corrected chi connectivity index (χ4v) is 0.700. The smallest absolute Gasteiger partial charge is 0.271 e. The maximum absolute atomic E-state index is 11.0. The summed E-state index contributed by atoms with van der Waals surface area (Å²) in [6, 6.07) is 0. The second kappa shape index (κ2) is 6.50. The molecular weight excluding hydrogens is 232 g/mol. The van der Waals surface area contributed by atoms with Gasteiger partial charge in [0.25, 0.3) is 11.8 Å². The Balaban J connectivity index is 4.04. The van der Waals surface area contributed by atoms with Gasteiger partial charge >= 0.3 is 0 Å². The Morgan fingerprint density at radius 1 is 1.00 bits per heavy atom. The van der Waals surface area contributed by atoms with Crippen LogP contribution in [0.4, 0.5) is 0 Å². The van der Waals surface area contributed by atoms with Gasteiger partial charge in [-0.05, 0) is 13.8 Å². The third-order valence-electron chi connectivity index (χ3n) is 1.81. The Morgan fingerprint density at radius 3 is 1.53 bits per heavy atom. The van der Waals surface area contributed by atoms with Crippen molar-refractivity contribution in [2.24, 2.45) is 0 Å². The molecule has 0 rings (SSSR count). The van der Waals surface area contributed by atoms with E-state index in [-0.39, 0.29) is 13.2 Å². The van der Waals surface area contributed by atoms with Crippen molar-refractivity contribution >= 4 is 11.8 Å². The molecular formula is C9H18N2O6. The van der Waals surface area contributed by atoms with Crippen molar-refractivity contribution in [1.82, 2.24) is 10.1 Å². The van der Waals surface area contributed by atoms with Gasteiger partial charge in [0.05, 0.1) is 0 Å². The second-order valence-corrected chi connectivity index (χ2v) is 3.81. The molecule has 17 heavy (non-hydrogen) atoms. The van der Waals surface area contributed by atoms with Gasteiger partial charge in [0.2, 0.25) is 0 Å². The zero-order valence-electron chi connectivity index (χ0n) is 10.3. The van der Waals surface area contributed by atoms with Gasteiger partial charge in [-0.15, -0.1) is 0 Å². The molecule has 2 amide bonds. The topological polar surface area (TPSA) is 99.5 Å². The van der Waals surface area contributed by atoms with Crippen LogP contribution >= 0.6 is 0 Å². The molecule has 0 bridgehead atoms. The molecule has 0 aromatic heterocycles. The molecule has 0 fully saturated rings. The van der Waals surface area contributed by atoms with Crippen LogP contribution in [-0.4, -0.2) is 65.5 Å². The molecule has 0 aliphatic heterocycles. The van der Waals surface area contributed by atoms with Crippen LogP contribution in [0.2, 0.25) is 0 Å². The Labute approximate surface area is 99.2 Å². The van der Waals surface area contributed by atoms with E-state index in [4.69, 9.17) is 19.9 Å². The first kappa shape index (κ1) is 15.8. The normalized spacial score (nSPS) is 11.2. The van der Waals surface area contributed by atoms with E-state index >= 15 is 0 Å². The van der Waals surface area contributed by atoms with Crippen LogP contribution in [0.3, 0.4) is 0 Å². The fraction of sp³-hybridized carbons (Fsp3) is 0.778.